The Labute approximate surface area is 110 Å². The molecule has 1 heterocycles. The van der Waals surface area contributed by atoms with Crippen LogP contribution in [0, 0.1) is 0 Å². The predicted octanol–water partition coefficient (Wildman–Crippen LogP) is 3.81. The van der Waals surface area contributed by atoms with E-state index in [0.717, 1.165) is 35.2 Å². The minimum absolute atomic E-state index is 0.119. The molecular formula is C14H16BrNO. The van der Waals surface area contributed by atoms with Crippen molar-refractivity contribution in [1.29, 1.82) is 0 Å². The lowest BCUT2D eigenvalue weighted by Gasteiger charge is -2.29. The molecule has 0 aromatic heterocycles. The number of benzene rings is 1. The lowest BCUT2D eigenvalue weighted by molar-refractivity contribution is 0.101. The zero-order valence-electron chi connectivity index (χ0n) is 10.2. The van der Waals surface area contributed by atoms with Crippen LogP contribution < -0.4 is 4.90 Å². The number of carbonyl (C=O) groups excluding carboxylic acids is 1. The average molecular weight is 294 g/mol. The lowest BCUT2D eigenvalue weighted by Crippen LogP contribution is -2.30. The Morgan fingerprint density at radius 1 is 1.41 bits per heavy atom. The van der Waals surface area contributed by atoms with Crippen molar-refractivity contribution in [2.24, 2.45) is 0 Å². The molecule has 1 aromatic rings. The van der Waals surface area contributed by atoms with Gasteiger partial charge in [0.15, 0.2) is 5.78 Å². The van der Waals surface area contributed by atoms with Crippen LogP contribution >= 0.6 is 15.9 Å². The molecule has 0 fully saturated rings. The molecule has 0 amide bonds. The number of rotatable bonds is 2. The quantitative estimate of drug-likeness (QED) is 0.610. The molecule has 0 saturated carbocycles. The number of anilines is 1. The summed E-state index contributed by atoms with van der Waals surface area (Å²) in [7, 11) is 0. The van der Waals surface area contributed by atoms with Crippen molar-refractivity contribution in [3.05, 3.63) is 39.9 Å². The van der Waals surface area contributed by atoms with E-state index in [9.17, 15) is 4.79 Å². The summed E-state index contributed by atoms with van der Waals surface area (Å²) in [6.07, 6.45) is 3.32. The van der Waals surface area contributed by atoms with Gasteiger partial charge in [-0.15, -0.1) is 0 Å². The maximum atomic E-state index is 11.7. The molecule has 1 aliphatic heterocycles. The molecule has 0 spiro atoms. The van der Waals surface area contributed by atoms with E-state index in [0.29, 0.717) is 0 Å². The fraction of sp³-hybridized carbons (Fsp3) is 0.357. The van der Waals surface area contributed by atoms with Gasteiger partial charge in [-0.05, 0) is 38.5 Å². The van der Waals surface area contributed by atoms with Crippen LogP contribution in [0.15, 0.2) is 34.3 Å². The monoisotopic (exact) mass is 293 g/mol. The van der Waals surface area contributed by atoms with Gasteiger partial charge in [0, 0.05) is 28.8 Å². The van der Waals surface area contributed by atoms with Crippen molar-refractivity contribution in [3.8, 4) is 0 Å². The zero-order valence-corrected chi connectivity index (χ0v) is 11.8. The number of Topliss-reactive ketones (excluding diaryl/α,β-unsaturated/α-hetero) is 1. The molecular weight excluding hydrogens is 278 g/mol. The van der Waals surface area contributed by atoms with Gasteiger partial charge in [-0.25, -0.2) is 0 Å². The van der Waals surface area contributed by atoms with Crippen LogP contribution in [0.2, 0.25) is 0 Å². The largest absolute Gasteiger partial charge is 0.367 e. The Hall–Kier alpha value is -1.09. The van der Waals surface area contributed by atoms with Crippen molar-refractivity contribution in [1.82, 2.24) is 0 Å². The number of nitrogens with zero attached hydrogens (tertiary/aromatic N) is 1. The van der Waals surface area contributed by atoms with Crippen LogP contribution in [-0.2, 0) is 0 Å². The van der Waals surface area contributed by atoms with E-state index in [1.165, 1.54) is 5.57 Å². The van der Waals surface area contributed by atoms with Crippen LogP contribution in [0.5, 0.6) is 0 Å². The minimum Gasteiger partial charge on any atom is -0.367 e. The van der Waals surface area contributed by atoms with Crippen molar-refractivity contribution in [2.75, 3.05) is 18.0 Å². The highest BCUT2D eigenvalue weighted by molar-refractivity contribution is 9.10. The summed E-state index contributed by atoms with van der Waals surface area (Å²) in [5, 5.41) is 0. The second-order valence-electron chi connectivity index (χ2n) is 4.48. The van der Waals surface area contributed by atoms with Crippen LogP contribution in [0.3, 0.4) is 0 Å². The molecule has 3 heteroatoms. The molecule has 0 atom stereocenters. The summed E-state index contributed by atoms with van der Waals surface area (Å²) in [5.41, 5.74) is 3.22. The molecule has 2 rings (SSSR count). The van der Waals surface area contributed by atoms with Gasteiger partial charge < -0.3 is 4.90 Å². The van der Waals surface area contributed by atoms with Gasteiger partial charge in [-0.3, -0.25) is 4.79 Å². The van der Waals surface area contributed by atoms with Gasteiger partial charge in [0.1, 0.15) is 0 Å². The van der Waals surface area contributed by atoms with E-state index in [1.807, 2.05) is 18.2 Å². The smallest absolute Gasteiger partial charge is 0.161 e. The molecule has 1 aliphatic rings. The molecule has 90 valence electrons. The van der Waals surface area contributed by atoms with Crippen LogP contribution in [0.25, 0.3) is 0 Å². The summed E-state index contributed by atoms with van der Waals surface area (Å²) in [5.74, 6) is 0.119. The van der Waals surface area contributed by atoms with E-state index in [4.69, 9.17) is 0 Å². The lowest BCUT2D eigenvalue weighted by atomic mass is 10.1. The fourth-order valence-electron chi connectivity index (χ4n) is 2.18. The molecule has 0 saturated heterocycles. The normalized spacial score (nSPS) is 15.7. The van der Waals surface area contributed by atoms with Crippen LogP contribution in [0.1, 0.15) is 30.6 Å². The first-order valence-corrected chi connectivity index (χ1v) is 6.58. The number of hydrogen-bond donors (Lipinski definition) is 0. The Morgan fingerprint density at radius 3 is 2.82 bits per heavy atom. The van der Waals surface area contributed by atoms with Crippen molar-refractivity contribution in [2.45, 2.75) is 20.3 Å². The van der Waals surface area contributed by atoms with Crippen molar-refractivity contribution in [3.63, 3.8) is 0 Å². The van der Waals surface area contributed by atoms with Gasteiger partial charge in [-0.1, -0.05) is 27.6 Å². The molecule has 0 unspecified atom stereocenters. The van der Waals surface area contributed by atoms with Crippen molar-refractivity contribution < 1.29 is 4.79 Å². The average Bonchev–Trinajstić information content (AvgIpc) is 2.28. The summed E-state index contributed by atoms with van der Waals surface area (Å²) >= 11 is 3.42. The van der Waals surface area contributed by atoms with Gasteiger partial charge in [-0.2, -0.15) is 0 Å². The molecule has 0 N–H and O–H groups in total. The summed E-state index contributed by atoms with van der Waals surface area (Å²) < 4.78 is 0.954. The molecule has 1 aromatic carbocycles. The van der Waals surface area contributed by atoms with Gasteiger partial charge >= 0.3 is 0 Å². The van der Waals surface area contributed by atoms with Crippen molar-refractivity contribution >= 4 is 27.4 Å². The molecule has 0 radical (unpaired) electrons. The summed E-state index contributed by atoms with van der Waals surface area (Å²) in [6.45, 7) is 5.66. The maximum absolute atomic E-state index is 11.7. The Balaban J connectivity index is 2.38. The third-order valence-corrected chi connectivity index (χ3v) is 3.50. The van der Waals surface area contributed by atoms with Crippen LogP contribution in [0.4, 0.5) is 5.69 Å². The molecule has 2 nitrogen and oxygen atoms in total. The highest BCUT2D eigenvalue weighted by Crippen LogP contribution is 2.27. The first kappa shape index (κ1) is 12.4. The topological polar surface area (TPSA) is 20.3 Å². The second kappa shape index (κ2) is 5.05. The van der Waals surface area contributed by atoms with E-state index in [2.05, 4.69) is 33.8 Å². The minimum atomic E-state index is 0.119. The van der Waals surface area contributed by atoms with E-state index in [-0.39, 0.29) is 5.78 Å². The van der Waals surface area contributed by atoms with Gasteiger partial charge in [0.25, 0.3) is 0 Å². The Bertz CT molecular complexity index is 479. The highest BCUT2D eigenvalue weighted by atomic mass is 79.9. The molecule has 0 bridgehead atoms. The number of hydrogen-bond acceptors (Lipinski definition) is 2. The standard InChI is InChI=1S/C14H16BrNO/c1-10-4-3-7-16(9-10)14-6-5-12(15)8-13(14)11(2)17/h4-6,8H,3,7,9H2,1-2H3. The van der Waals surface area contributed by atoms with Gasteiger partial charge in [0.2, 0.25) is 0 Å². The Kier molecular flexibility index (Phi) is 3.67. The number of carbonyl (C=O) groups is 1. The first-order valence-electron chi connectivity index (χ1n) is 5.79. The SMILES string of the molecule is CC(=O)c1cc(Br)ccc1N1CCC=C(C)C1. The third-order valence-electron chi connectivity index (χ3n) is 3.01. The molecule has 0 aliphatic carbocycles. The van der Waals surface area contributed by atoms with E-state index < -0.39 is 0 Å². The third kappa shape index (κ3) is 2.78. The highest BCUT2D eigenvalue weighted by Gasteiger charge is 2.16. The molecule has 17 heavy (non-hydrogen) atoms. The second-order valence-corrected chi connectivity index (χ2v) is 5.39. The van der Waals surface area contributed by atoms with Crippen LogP contribution in [-0.4, -0.2) is 18.9 Å². The maximum Gasteiger partial charge on any atom is 0.161 e. The summed E-state index contributed by atoms with van der Waals surface area (Å²) in [4.78, 5) is 14.0. The van der Waals surface area contributed by atoms with E-state index >= 15 is 0 Å². The zero-order chi connectivity index (χ0) is 12.4. The number of halogens is 1. The fourth-order valence-corrected chi connectivity index (χ4v) is 2.54. The predicted molar refractivity (Wildman–Crippen MR) is 74.7 cm³/mol. The summed E-state index contributed by atoms with van der Waals surface area (Å²) in [6, 6.07) is 5.93. The number of ketones is 1. The first-order chi connectivity index (χ1) is 8.08. The Morgan fingerprint density at radius 2 is 2.18 bits per heavy atom. The van der Waals surface area contributed by atoms with E-state index in [1.54, 1.807) is 6.92 Å². The van der Waals surface area contributed by atoms with Gasteiger partial charge in [0.05, 0.1) is 0 Å².